The molecular formula is C16H21N3O6S. The molecule has 1 aromatic carbocycles. The summed E-state index contributed by atoms with van der Waals surface area (Å²) < 4.78 is 22.9. The van der Waals surface area contributed by atoms with Crippen LogP contribution in [0, 0.1) is 11.8 Å². The summed E-state index contributed by atoms with van der Waals surface area (Å²) in [5, 5.41) is 16.7. The van der Waals surface area contributed by atoms with Gasteiger partial charge in [0.2, 0.25) is 21.8 Å². The van der Waals surface area contributed by atoms with Crippen LogP contribution in [0.5, 0.6) is 0 Å². The minimum Gasteiger partial charge on any atom is -0.480 e. The van der Waals surface area contributed by atoms with Crippen molar-refractivity contribution in [1.82, 2.24) is 5.32 Å². The average Bonchev–Trinajstić information content (AvgIpc) is 2.93. The number of hydrogen-bond acceptors (Lipinski definition) is 5. The van der Waals surface area contributed by atoms with Crippen molar-refractivity contribution in [3.05, 3.63) is 24.3 Å². The second-order valence-corrected chi connectivity index (χ2v) is 8.08. The third-order valence-corrected chi connectivity index (χ3v) is 5.10. The second kappa shape index (κ2) is 7.42. The van der Waals surface area contributed by atoms with Crippen molar-refractivity contribution in [2.45, 2.75) is 31.2 Å². The molecule has 142 valence electrons. The Morgan fingerprint density at radius 2 is 2.00 bits per heavy atom. The quantitative estimate of drug-likeness (QED) is 0.626. The fourth-order valence-corrected chi connectivity index (χ4v) is 3.30. The van der Waals surface area contributed by atoms with Crippen LogP contribution >= 0.6 is 0 Å². The van der Waals surface area contributed by atoms with Gasteiger partial charge in [-0.3, -0.25) is 9.59 Å². The predicted octanol–water partition coefficient (Wildman–Crippen LogP) is -0.0877. The van der Waals surface area contributed by atoms with Gasteiger partial charge in [-0.05, 0) is 24.1 Å². The van der Waals surface area contributed by atoms with Crippen LogP contribution in [-0.2, 0) is 24.4 Å². The number of carboxylic acid groups (broad SMARTS) is 1. The molecule has 10 heteroatoms. The standard InChI is InChI=1S/C16H21N3O6S/c1-9(2)14(16(22)23)18-15(21)10-6-13(20)19(8-10)11-4-3-5-12(7-11)26(17,24)25/h3-5,7,9-10,14H,6,8H2,1-2H3,(H,18,21)(H,22,23)(H2,17,24,25). The van der Waals surface area contributed by atoms with E-state index in [2.05, 4.69) is 5.32 Å². The van der Waals surface area contributed by atoms with E-state index in [1.165, 1.54) is 23.1 Å². The number of carboxylic acids is 1. The maximum absolute atomic E-state index is 12.3. The van der Waals surface area contributed by atoms with Gasteiger partial charge in [0.15, 0.2) is 0 Å². The number of anilines is 1. The lowest BCUT2D eigenvalue weighted by Crippen LogP contribution is -2.47. The van der Waals surface area contributed by atoms with Gasteiger partial charge < -0.3 is 15.3 Å². The molecule has 0 radical (unpaired) electrons. The highest BCUT2D eigenvalue weighted by Crippen LogP contribution is 2.27. The van der Waals surface area contributed by atoms with E-state index in [1.807, 2.05) is 0 Å². The van der Waals surface area contributed by atoms with Gasteiger partial charge in [0.1, 0.15) is 6.04 Å². The van der Waals surface area contributed by atoms with Crippen LogP contribution in [0.4, 0.5) is 5.69 Å². The molecule has 2 amide bonds. The van der Waals surface area contributed by atoms with E-state index in [0.29, 0.717) is 5.69 Å². The van der Waals surface area contributed by atoms with Gasteiger partial charge in [-0.1, -0.05) is 19.9 Å². The molecule has 1 aliphatic rings. The molecular weight excluding hydrogens is 362 g/mol. The van der Waals surface area contributed by atoms with Crippen LogP contribution in [0.3, 0.4) is 0 Å². The maximum atomic E-state index is 12.3. The first-order valence-electron chi connectivity index (χ1n) is 7.97. The number of nitrogens with two attached hydrogens (primary N) is 1. The summed E-state index contributed by atoms with van der Waals surface area (Å²) in [6, 6.07) is 4.53. The topological polar surface area (TPSA) is 147 Å². The average molecular weight is 383 g/mol. The Balaban J connectivity index is 2.16. The summed E-state index contributed by atoms with van der Waals surface area (Å²) in [5.41, 5.74) is 0.315. The Morgan fingerprint density at radius 1 is 1.35 bits per heavy atom. The van der Waals surface area contributed by atoms with Crippen LogP contribution in [-0.4, -0.2) is 43.9 Å². The number of nitrogens with zero attached hydrogens (tertiary/aromatic N) is 1. The Hall–Kier alpha value is -2.46. The van der Waals surface area contributed by atoms with Gasteiger partial charge in [-0.15, -0.1) is 0 Å². The number of aliphatic carboxylic acids is 1. The molecule has 1 aromatic rings. The van der Waals surface area contributed by atoms with Crippen LogP contribution in [0.15, 0.2) is 29.2 Å². The van der Waals surface area contributed by atoms with E-state index in [9.17, 15) is 22.8 Å². The van der Waals surface area contributed by atoms with Crippen LogP contribution < -0.4 is 15.4 Å². The van der Waals surface area contributed by atoms with Gasteiger partial charge in [-0.25, -0.2) is 18.4 Å². The highest BCUT2D eigenvalue weighted by Gasteiger charge is 2.37. The maximum Gasteiger partial charge on any atom is 0.326 e. The Morgan fingerprint density at radius 3 is 2.54 bits per heavy atom. The molecule has 1 aliphatic heterocycles. The molecule has 26 heavy (non-hydrogen) atoms. The van der Waals surface area contributed by atoms with E-state index in [4.69, 9.17) is 10.2 Å². The Labute approximate surface area is 151 Å². The zero-order valence-electron chi connectivity index (χ0n) is 14.4. The van der Waals surface area contributed by atoms with E-state index in [0.717, 1.165) is 0 Å². The molecule has 9 nitrogen and oxygen atoms in total. The van der Waals surface area contributed by atoms with E-state index in [-0.39, 0.29) is 29.7 Å². The van der Waals surface area contributed by atoms with Crippen molar-refractivity contribution in [2.75, 3.05) is 11.4 Å². The molecule has 1 saturated heterocycles. The molecule has 0 aromatic heterocycles. The second-order valence-electron chi connectivity index (χ2n) is 6.52. The van der Waals surface area contributed by atoms with Crippen molar-refractivity contribution in [3.8, 4) is 0 Å². The molecule has 2 atom stereocenters. The van der Waals surface area contributed by atoms with Gasteiger partial charge in [0, 0.05) is 18.7 Å². The number of carbonyl (C=O) groups excluding carboxylic acids is 2. The molecule has 0 bridgehead atoms. The van der Waals surface area contributed by atoms with Crippen LogP contribution in [0.1, 0.15) is 20.3 Å². The monoisotopic (exact) mass is 383 g/mol. The van der Waals surface area contributed by atoms with Crippen molar-refractivity contribution in [3.63, 3.8) is 0 Å². The number of sulfonamides is 1. The largest absolute Gasteiger partial charge is 0.480 e. The third kappa shape index (κ3) is 4.38. The highest BCUT2D eigenvalue weighted by molar-refractivity contribution is 7.89. The summed E-state index contributed by atoms with van der Waals surface area (Å²) in [5.74, 6) is -3.05. The van der Waals surface area contributed by atoms with Crippen molar-refractivity contribution in [1.29, 1.82) is 0 Å². The predicted molar refractivity (Wildman–Crippen MR) is 92.7 cm³/mol. The van der Waals surface area contributed by atoms with Gasteiger partial charge in [0.05, 0.1) is 10.8 Å². The summed E-state index contributed by atoms with van der Waals surface area (Å²) in [7, 11) is -3.92. The first-order chi connectivity index (χ1) is 12.0. The summed E-state index contributed by atoms with van der Waals surface area (Å²) in [6.07, 6.45) is -0.0874. The van der Waals surface area contributed by atoms with Crippen molar-refractivity contribution >= 4 is 33.5 Å². The number of rotatable bonds is 6. The summed E-state index contributed by atoms with van der Waals surface area (Å²) in [4.78, 5) is 37.0. The molecule has 1 heterocycles. The number of carbonyl (C=O) groups is 3. The van der Waals surface area contributed by atoms with E-state index < -0.39 is 33.9 Å². The smallest absolute Gasteiger partial charge is 0.326 e. The lowest BCUT2D eigenvalue weighted by atomic mass is 10.0. The SMILES string of the molecule is CC(C)C(NC(=O)C1CC(=O)N(c2cccc(S(N)(=O)=O)c2)C1)C(=O)O. The summed E-state index contributed by atoms with van der Waals surface area (Å²) in [6.45, 7) is 3.37. The molecule has 2 rings (SSSR count). The molecule has 0 aliphatic carbocycles. The molecule has 4 N–H and O–H groups in total. The molecule has 0 saturated carbocycles. The highest BCUT2D eigenvalue weighted by atomic mass is 32.2. The number of primary sulfonamides is 1. The van der Waals surface area contributed by atoms with Crippen LogP contribution in [0.2, 0.25) is 0 Å². The first kappa shape index (κ1) is 19.9. The number of benzene rings is 1. The summed E-state index contributed by atoms with van der Waals surface area (Å²) >= 11 is 0. The fourth-order valence-electron chi connectivity index (χ4n) is 2.75. The zero-order valence-corrected chi connectivity index (χ0v) is 15.2. The van der Waals surface area contributed by atoms with E-state index in [1.54, 1.807) is 19.9 Å². The van der Waals surface area contributed by atoms with Crippen molar-refractivity contribution < 1.29 is 27.9 Å². The third-order valence-electron chi connectivity index (χ3n) is 4.18. The lowest BCUT2D eigenvalue weighted by molar-refractivity contribution is -0.143. The number of amides is 2. The van der Waals surface area contributed by atoms with Gasteiger partial charge in [-0.2, -0.15) is 0 Å². The molecule has 2 unspecified atom stereocenters. The van der Waals surface area contributed by atoms with Gasteiger partial charge in [0.25, 0.3) is 0 Å². The normalized spacial score (nSPS) is 18.8. The molecule has 0 spiro atoms. The molecule has 1 fully saturated rings. The van der Waals surface area contributed by atoms with Crippen molar-refractivity contribution in [2.24, 2.45) is 17.0 Å². The fraction of sp³-hybridized carbons (Fsp3) is 0.438. The number of hydrogen-bond donors (Lipinski definition) is 3. The zero-order chi connectivity index (χ0) is 19.6. The Bertz CT molecular complexity index is 836. The lowest BCUT2D eigenvalue weighted by Gasteiger charge is -2.21. The first-order valence-corrected chi connectivity index (χ1v) is 9.51. The Kier molecular flexibility index (Phi) is 5.67. The van der Waals surface area contributed by atoms with Crippen LogP contribution in [0.25, 0.3) is 0 Å². The van der Waals surface area contributed by atoms with E-state index >= 15 is 0 Å². The number of nitrogens with one attached hydrogen (secondary N) is 1. The minimum atomic E-state index is -3.92. The van der Waals surface area contributed by atoms with Gasteiger partial charge >= 0.3 is 5.97 Å². The minimum absolute atomic E-state index is 0.0309.